The zero-order chi connectivity index (χ0) is 12.1. The molecule has 90 valence electrons. The van der Waals surface area contributed by atoms with Crippen molar-refractivity contribution >= 4 is 11.8 Å². The molecule has 2 rings (SSSR count). The summed E-state index contributed by atoms with van der Waals surface area (Å²) in [5, 5.41) is 11.0. The Hall–Kier alpha value is -1.26. The molecule has 0 fully saturated rings. The third kappa shape index (κ3) is 3.35. The van der Waals surface area contributed by atoms with Gasteiger partial charge in [-0.1, -0.05) is 42.1 Å². The van der Waals surface area contributed by atoms with Crippen molar-refractivity contribution in [3.63, 3.8) is 0 Å². The maximum Gasteiger partial charge on any atom is 0.167 e. The fourth-order valence-electron chi connectivity index (χ4n) is 1.59. The zero-order valence-corrected chi connectivity index (χ0v) is 10.6. The first kappa shape index (κ1) is 12.2. The molecule has 0 amide bonds. The van der Waals surface area contributed by atoms with Gasteiger partial charge in [-0.2, -0.15) is 0 Å². The minimum Gasteiger partial charge on any atom is -0.388 e. The fourth-order valence-corrected chi connectivity index (χ4v) is 2.52. The molecule has 0 spiro atoms. The second-order valence-electron chi connectivity index (χ2n) is 3.88. The van der Waals surface area contributed by atoms with E-state index in [0.717, 1.165) is 22.9 Å². The highest BCUT2D eigenvalue weighted by Crippen LogP contribution is 2.22. The number of nitrogens with zero attached hydrogens (tertiary/aromatic N) is 2. The molecule has 0 saturated heterocycles. The number of aliphatic hydroxyl groups excluding tert-OH is 1. The number of hydrogen-bond donors (Lipinski definition) is 1. The van der Waals surface area contributed by atoms with E-state index in [4.69, 9.17) is 0 Å². The molecule has 0 radical (unpaired) electrons. The quantitative estimate of drug-likeness (QED) is 0.827. The summed E-state index contributed by atoms with van der Waals surface area (Å²) in [6.45, 7) is 0. The van der Waals surface area contributed by atoms with Crippen LogP contribution < -0.4 is 0 Å². The van der Waals surface area contributed by atoms with Gasteiger partial charge in [0.05, 0.1) is 6.10 Å². The van der Waals surface area contributed by atoms with Crippen molar-refractivity contribution in [1.82, 2.24) is 9.55 Å². The van der Waals surface area contributed by atoms with Crippen molar-refractivity contribution in [2.24, 2.45) is 7.05 Å². The SMILES string of the molecule is Cn1ccnc1SCCC(O)c1ccccc1. The topological polar surface area (TPSA) is 38.0 Å². The van der Waals surface area contributed by atoms with Crippen molar-refractivity contribution in [2.45, 2.75) is 17.7 Å². The standard InChI is InChI=1S/C13H16N2OS/c1-15-9-8-14-13(15)17-10-7-12(16)11-5-3-2-4-6-11/h2-6,8-9,12,16H,7,10H2,1H3. The van der Waals surface area contributed by atoms with Crippen LogP contribution in [0.1, 0.15) is 18.1 Å². The van der Waals surface area contributed by atoms with E-state index >= 15 is 0 Å². The van der Waals surface area contributed by atoms with Crippen LogP contribution in [0.25, 0.3) is 0 Å². The second-order valence-corrected chi connectivity index (χ2v) is 4.95. The Kier molecular flexibility index (Phi) is 4.23. The van der Waals surface area contributed by atoms with Crippen molar-refractivity contribution in [1.29, 1.82) is 0 Å². The van der Waals surface area contributed by atoms with Gasteiger partial charge in [0.2, 0.25) is 0 Å². The Labute approximate surface area is 106 Å². The summed E-state index contributed by atoms with van der Waals surface area (Å²) in [6, 6.07) is 9.76. The molecule has 0 aliphatic heterocycles. The van der Waals surface area contributed by atoms with Gasteiger partial charge in [-0.05, 0) is 12.0 Å². The zero-order valence-electron chi connectivity index (χ0n) is 9.78. The van der Waals surface area contributed by atoms with E-state index in [1.807, 2.05) is 48.1 Å². The number of hydrogen-bond acceptors (Lipinski definition) is 3. The van der Waals surface area contributed by atoms with Crippen LogP contribution in [-0.2, 0) is 7.05 Å². The molecule has 1 aromatic carbocycles. The van der Waals surface area contributed by atoms with Gasteiger partial charge in [0.1, 0.15) is 0 Å². The van der Waals surface area contributed by atoms with Crippen LogP contribution in [0.5, 0.6) is 0 Å². The highest BCUT2D eigenvalue weighted by atomic mass is 32.2. The lowest BCUT2D eigenvalue weighted by Gasteiger charge is -2.10. The van der Waals surface area contributed by atoms with Gasteiger partial charge >= 0.3 is 0 Å². The lowest BCUT2D eigenvalue weighted by Crippen LogP contribution is -1.99. The fraction of sp³-hybridized carbons (Fsp3) is 0.308. The Morgan fingerprint density at radius 2 is 2.12 bits per heavy atom. The number of aliphatic hydroxyl groups is 1. The average molecular weight is 248 g/mol. The molecule has 2 aromatic rings. The molecule has 0 aliphatic carbocycles. The van der Waals surface area contributed by atoms with Gasteiger partial charge in [0.15, 0.2) is 5.16 Å². The molecule has 1 heterocycles. The van der Waals surface area contributed by atoms with Crippen LogP contribution in [-0.4, -0.2) is 20.4 Å². The number of aryl methyl sites for hydroxylation is 1. The Morgan fingerprint density at radius 3 is 2.76 bits per heavy atom. The minimum atomic E-state index is -0.385. The second kappa shape index (κ2) is 5.89. The molecule has 17 heavy (non-hydrogen) atoms. The molecule has 3 nitrogen and oxygen atoms in total. The normalized spacial score (nSPS) is 12.6. The van der Waals surface area contributed by atoms with E-state index in [2.05, 4.69) is 4.98 Å². The van der Waals surface area contributed by atoms with Gasteiger partial charge in [-0.3, -0.25) is 0 Å². The van der Waals surface area contributed by atoms with Crippen LogP contribution in [0.2, 0.25) is 0 Å². The molecule has 0 saturated carbocycles. The number of aromatic nitrogens is 2. The highest BCUT2D eigenvalue weighted by Gasteiger charge is 2.07. The largest absolute Gasteiger partial charge is 0.388 e. The van der Waals surface area contributed by atoms with E-state index in [9.17, 15) is 5.11 Å². The number of imidazole rings is 1. The first-order chi connectivity index (χ1) is 8.27. The molecule has 1 unspecified atom stereocenters. The molecule has 1 aromatic heterocycles. The summed E-state index contributed by atoms with van der Waals surface area (Å²) >= 11 is 1.67. The summed E-state index contributed by atoms with van der Waals surface area (Å²) in [5.41, 5.74) is 0.980. The molecule has 1 N–H and O–H groups in total. The number of benzene rings is 1. The summed E-state index contributed by atoms with van der Waals surface area (Å²) < 4.78 is 1.99. The van der Waals surface area contributed by atoms with Gasteiger partial charge < -0.3 is 9.67 Å². The maximum absolute atomic E-state index is 9.98. The van der Waals surface area contributed by atoms with E-state index < -0.39 is 0 Å². The predicted molar refractivity (Wildman–Crippen MR) is 70.0 cm³/mol. The maximum atomic E-state index is 9.98. The Balaban J connectivity index is 1.81. The molecular formula is C13H16N2OS. The summed E-state index contributed by atoms with van der Waals surface area (Å²) in [4.78, 5) is 4.23. The van der Waals surface area contributed by atoms with Crippen LogP contribution >= 0.6 is 11.8 Å². The summed E-state index contributed by atoms with van der Waals surface area (Å²) in [7, 11) is 1.98. The van der Waals surface area contributed by atoms with E-state index in [1.165, 1.54) is 0 Å². The first-order valence-electron chi connectivity index (χ1n) is 5.60. The third-order valence-corrected chi connectivity index (χ3v) is 3.68. The van der Waals surface area contributed by atoms with E-state index in [-0.39, 0.29) is 6.10 Å². The highest BCUT2D eigenvalue weighted by molar-refractivity contribution is 7.99. The molecular weight excluding hydrogens is 232 g/mol. The van der Waals surface area contributed by atoms with Crippen molar-refractivity contribution in [3.05, 3.63) is 48.3 Å². The van der Waals surface area contributed by atoms with Gasteiger partial charge in [-0.25, -0.2) is 4.98 Å². The molecule has 4 heteroatoms. The smallest absolute Gasteiger partial charge is 0.167 e. The molecule has 0 aliphatic rings. The Bertz CT molecular complexity index is 455. The van der Waals surface area contributed by atoms with E-state index in [1.54, 1.807) is 18.0 Å². The summed E-state index contributed by atoms with van der Waals surface area (Å²) in [6.07, 6.45) is 4.07. The number of rotatable bonds is 5. The molecule has 0 bridgehead atoms. The van der Waals surface area contributed by atoms with Crippen molar-refractivity contribution in [2.75, 3.05) is 5.75 Å². The monoisotopic (exact) mass is 248 g/mol. The lowest BCUT2D eigenvalue weighted by molar-refractivity contribution is 0.175. The van der Waals surface area contributed by atoms with Gasteiger partial charge in [0, 0.05) is 25.2 Å². The summed E-state index contributed by atoms with van der Waals surface area (Å²) in [5.74, 6) is 0.862. The van der Waals surface area contributed by atoms with E-state index in [0.29, 0.717) is 0 Å². The average Bonchev–Trinajstić information content (AvgIpc) is 2.76. The Morgan fingerprint density at radius 1 is 1.35 bits per heavy atom. The van der Waals surface area contributed by atoms with Crippen LogP contribution in [0.3, 0.4) is 0 Å². The van der Waals surface area contributed by atoms with Crippen molar-refractivity contribution < 1.29 is 5.11 Å². The predicted octanol–water partition coefficient (Wildman–Crippen LogP) is 2.64. The van der Waals surface area contributed by atoms with Gasteiger partial charge in [0.25, 0.3) is 0 Å². The van der Waals surface area contributed by atoms with Crippen LogP contribution in [0.4, 0.5) is 0 Å². The van der Waals surface area contributed by atoms with Crippen molar-refractivity contribution in [3.8, 4) is 0 Å². The molecule has 1 atom stereocenters. The van der Waals surface area contributed by atoms with Crippen LogP contribution in [0.15, 0.2) is 47.9 Å². The number of thioether (sulfide) groups is 1. The van der Waals surface area contributed by atoms with Crippen LogP contribution in [0, 0.1) is 0 Å². The van der Waals surface area contributed by atoms with Gasteiger partial charge in [-0.15, -0.1) is 0 Å². The minimum absolute atomic E-state index is 0.385. The third-order valence-electron chi connectivity index (χ3n) is 2.58. The first-order valence-corrected chi connectivity index (χ1v) is 6.59. The lowest BCUT2D eigenvalue weighted by atomic mass is 10.1.